The van der Waals surface area contributed by atoms with Crippen molar-refractivity contribution in [3.63, 3.8) is 0 Å². The first kappa shape index (κ1) is 15.2. The van der Waals surface area contributed by atoms with E-state index in [0.717, 1.165) is 13.1 Å². The van der Waals surface area contributed by atoms with Gasteiger partial charge in [-0.3, -0.25) is 15.0 Å². The zero-order valence-electron chi connectivity index (χ0n) is 11.7. The lowest BCUT2D eigenvalue weighted by Gasteiger charge is -2.27. The maximum Gasteiger partial charge on any atom is 0.311 e. The van der Waals surface area contributed by atoms with Gasteiger partial charge in [0.05, 0.1) is 18.2 Å². The molecule has 0 saturated carbocycles. The summed E-state index contributed by atoms with van der Waals surface area (Å²) in [5.74, 6) is 0.573. The highest BCUT2D eigenvalue weighted by Crippen LogP contribution is 2.25. The number of nitrogens with one attached hydrogen (secondary N) is 1. The zero-order valence-corrected chi connectivity index (χ0v) is 11.7. The SMILES string of the molecule is CCN(CC)C(C)Nc1nc(OC)ccc1[N+](=O)[O-]. The van der Waals surface area contributed by atoms with Crippen molar-refractivity contribution in [3.8, 4) is 5.88 Å². The fourth-order valence-corrected chi connectivity index (χ4v) is 1.86. The summed E-state index contributed by atoms with van der Waals surface area (Å²) in [5, 5.41) is 14.0. The van der Waals surface area contributed by atoms with Gasteiger partial charge in [-0.05, 0) is 20.0 Å². The molecule has 7 heteroatoms. The Labute approximate surface area is 112 Å². The topological polar surface area (TPSA) is 80.5 Å². The van der Waals surface area contributed by atoms with Gasteiger partial charge in [0.2, 0.25) is 11.7 Å². The van der Waals surface area contributed by atoms with Crippen molar-refractivity contribution in [3.05, 3.63) is 22.2 Å². The summed E-state index contributed by atoms with van der Waals surface area (Å²) in [4.78, 5) is 16.8. The second-order valence-electron chi connectivity index (χ2n) is 4.02. The van der Waals surface area contributed by atoms with Crippen molar-refractivity contribution in [2.24, 2.45) is 0 Å². The van der Waals surface area contributed by atoms with Crippen LogP contribution in [0.5, 0.6) is 5.88 Å². The summed E-state index contributed by atoms with van der Waals surface area (Å²) in [7, 11) is 1.48. The Morgan fingerprint density at radius 2 is 2.11 bits per heavy atom. The molecule has 1 N–H and O–H groups in total. The Morgan fingerprint density at radius 3 is 2.58 bits per heavy atom. The molecule has 0 aliphatic carbocycles. The van der Waals surface area contributed by atoms with Crippen molar-refractivity contribution >= 4 is 11.5 Å². The maximum atomic E-state index is 11.0. The number of ether oxygens (including phenoxy) is 1. The van der Waals surface area contributed by atoms with Crippen molar-refractivity contribution < 1.29 is 9.66 Å². The third kappa shape index (κ3) is 3.78. The lowest BCUT2D eigenvalue weighted by Crippen LogP contribution is -2.38. The van der Waals surface area contributed by atoms with Crippen LogP contribution >= 0.6 is 0 Å². The third-order valence-corrected chi connectivity index (χ3v) is 2.96. The van der Waals surface area contributed by atoms with Crippen molar-refractivity contribution in [2.45, 2.75) is 26.9 Å². The van der Waals surface area contributed by atoms with Crippen LogP contribution in [0.4, 0.5) is 11.5 Å². The highest BCUT2D eigenvalue weighted by atomic mass is 16.6. The molecule has 106 valence electrons. The van der Waals surface area contributed by atoms with Gasteiger partial charge in [-0.15, -0.1) is 0 Å². The van der Waals surface area contributed by atoms with E-state index in [2.05, 4.69) is 15.2 Å². The molecule has 1 rings (SSSR count). The molecule has 0 fully saturated rings. The summed E-state index contributed by atoms with van der Waals surface area (Å²) in [5.41, 5.74) is -0.0557. The van der Waals surface area contributed by atoms with E-state index in [1.54, 1.807) is 0 Å². The fraction of sp³-hybridized carbons (Fsp3) is 0.583. The van der Waals surface area contributed by atoms with E-state index < -0.39 is 4.92 Å². The molecule has 0 aliphatic rings. The van der Waals surface area contributed by atoms with E-state index in [4.69, 9.17) is 4.74 Å². The van der Waals surface area contributed by atoms with E-state index in [0.29, 0.717) is 5.88 Å². The van der Waals surface area contributed by atoms with Gasteiger partial charge in [-0.1, -0.05) is 13.8 Å². The molecule has 1 atom stereocenters. The lowest BCUT2D eigenvalue weighted by molar-refractivity contribution is -0.384. The van der Waals surface area contributed by atoms with E-state index in [9.17, 15) is 10.1 Å². The molecule has 0 saturated heterocycles. The maximum absolute atomic E-state index is 11.0. The Bertz CT molecular complexity index is 435. The predicted molar refractivity (Wildman–Crippen MR) is 73.4 cm³/mol. The first-order valence-corrected chi connectivity index (χ1v) is 6.23. The molecule has 0 bridgehead atoms. The van der Waals surface area contributed by atoms with Crippen LogP contribution in [-0.4, -0.2) is 41.2 Å². The number of pyridine rings is 1. The van der Waals surface area contributed by atoms with Crippen molar-refractivity contribution in [1.29, 1.82) is 0 Å². The molecule has 0 aromatic carbocycles. The Hall–Kier alpha value is -1.89. The van der Waals surface area contributed by atoms with Crippen LogP contribution in [0.3, 0.4) is 0 Å². The summed E-state index contributed by atoms with van der Waals surface area (Å²) < 4.78 is 5.00. The molecule has 19 heavy (non-hydrogen) atoms. The van der Waals surface area contributed by atoms with Crippen LogP contribution in [-0.2, 0) is 0 Å². The van der Waals surface area contributed by atoms with E-state index >= 15 is 0 Å². The van der Waals surface area contributed by atoms with Crippen LogP contribution < -0.4 is 10.1 Å². The van der Waals surface area contributed by atoms with Gasteiger partial charge in [0.1, 0.15) is 0 Å². The van der Waals surface area contributed by atoms with Crippen molar-refractivity contribution in [1.82, 2.24) is 9.88 Å². The van der Waals surface area contributed by atoms with Crippen LogP contribution in [0.2, 0.25) is 0 Å². The first-order chi connectivity index (χ1) is 9.03. The predicted octanol–water partition coefficient (Wildman–Crippen LogP) is 2.10. The number of nitro groups is 1. The van der Waals surface area contributed by atoms with E-state index in [1.165, 1.54) is 19.2 Å². The van der Waals surface area contributed by atoms with Gasteiger partial charge in [0.25, 0.3) is 0 Å². The second-order valence-corrected chi connectivity index (χ2v) is 4.02. The number of aromatic nitrogens is 1. The quantitative estimate of drug-likeness (QED) is 0.463. The molecule has 1 unspecified atom stereocenters. The third-order valence-electron chi connectivity index (χ3n) is 2.96. The van der Waals surface area contributed by atoms with Crippen LogP contribution in [0.15, 0.2) is 12.1 Å². The Morgan fingerprint density at radius 1 is 1.47 bits per heavy atom. The molecule has 1 heterocycles. The highest BCUT2D eigenvalue weighted by molar-refractivity contribution is 5.57. The number of methoxy groups -OCH3 is 1. The Kier molecular flexibility index (Phi) is 5.50. The first-order valence-electron chi connectivity index (χ1n) is 6.23. The highest BCUT2D eigenvalue weighted by Gasteiger charge is 2.19. The average molecular weight is 268 g/mol. The van der Waals surface area contributed by atoms with E-state index in [1.807, 2.05) is 20.8 Å². The largest absolute Gasteiger partial charge is 0.481 e. The van der Waals surface area contributed by atoms with Crippen molar-refractivity contribution in [2.75, 3.05) is 25.5 Å². The van der Waals surface area contributed by atoms with Gasteiger partial charge in [-0.2, -0.15) is 4.98 Å². The summed E-state index contributed by atoms with van der Waals surface area (Å²) in [6.07, 6.45) is -0.0479. The number of anilines is 1. The van der Waals surface area contributed by atoms with Crippen LogP contribution in [0.1, 0.15) is 20.8 Å². The zero-order chi connectivity index (χ0) is 14.4. The van der Waals surface area contributed by atoms with E-state index in [-0.39, 0.29) is 17.7 Å². The lowest BCUT2D eigenvalue weighted by atomic mass is 10.3. The molecular weight excluding hydrogens is 248 g/mol. The summed E-state index contributed by atoms with van der Waals surface area (Å²) >= 11 is 0. The Balaban J connectivity index is 3.00. The molecule has 1 aromatic heterocycles. The molecule has 0 aliphatic heterocycles. The van der Waals surface area contributed by atoms with Gasteiger partial charge >= 0.3 is 5.69 Å². The molecule has 0 amide bonds. The fourth-order valence-electron chi connectivity index (χ4n) is 1.86. The van der Waals surface area contributed by atoms with Gasteiger partial charge in [-0.25, -0.2) is 0 Å². The average Bonchev–Trinajstić information content (AvgIpc) is 2.39. The molecule has 7 nitrogen and oxygen atoms in total. The molecule has 1 aromatic rings. The minimum Gasteiger partial charge on any atom is -0.481 e. The minimum atomic E-state index is -0.455. The normalized spacial score (nSPS) is 12.3. The summed E-state index contributed by atoms with van der Waals surface area (Å²) in [6.45, 7) is 7.72. The van der Waals surface area contributed by atoms with Crippen LogP contribution in [0, 0.1) is 10.1 Å². The standard InChI is InChI=1S/C12H20N4O3/c1-5-15(6-2)9(3)13-12-10(16(17)18)7-8-11(14-12)19-4/h7-9H,5-6H2,1-4H3,(H,13,14). The number of hydrogen-bond acceptors (Lipinski definition) is 6. The van der Waals surface area contributed by atoms with Gasteiger partial charge < -0.3 is 10.1 Å². The minimum absolute atomic E-state index is 0.0479. The van der Waals surface area contributed by atoms with Gasteiger partial charge in [0, 0.05) is 12.1 Å². The number of nitrogens with zero attached hydrogens (tertiary/aromatic N) is 3. The second kappa shape index (κ2) is 6.89. The molecule has 0 spiro atoms. The number of hydrogen-bond donors (Lipinski definition) is 1. The van der Waals surface area contributed by atoms with Crippen LogP contribution in [0.25, 0.3) is 0 Å². The summed E-state index contributed by atoms with van der Waals surface area (Å²) in [6, 6.07) is 2.87. The molecular formula is C12H20N4O3. The smallest absolute Gasteiger partial charge is 0.311 e. The molecule has 0 radical (unpaired) electrons. The van der Waals surface area contributed by atoms with Gasteiger partial charge in [0.15, 0.2) is 0 Å². The number of rotatable bonds is 7. The monoisotopic (exact) mass is 268 g/mol.